The van der Waals surface area contributed by atoms with E-state index < -0.39 is 14.6 Å². The highest BCUT2D eigenvalue weighted by Gasteiger charge is 2.61. The number of aromatic nitrogens is 2. The molecule has 3 saturated heterocycles. The molecular formula is C17H25N3O4S. The van der Waals surface area contributed by atoms with Gasteiger partial charge in [-0.3, -0.25) is 4.90 Å². The lowest BCUT2D eigenvalue weighted by atomic mass is 9.82. The van der Waals surface area contributed by atoms with Crippen LogP contribution in [0, 0.1) is 11.8 Å². The molecule has 0 radical (unpaired) electrons. The summed E-state index contributed by atoms with van der Waals surface area (Å²) in [5, 5.41) is 0. The lowest BCUT2D eigenvalue weighted by Gasteiger charge is -2.51. The van der Waals surface area contributed by atoms with Gasteiger partial charge in [0, 0.05) is 51.2 Å². The molecule has 138 valence electrons. The molecule has 3 fully saturated rings. The van der Waals surface area contributed by atoms with E-state index in [0.717, 1.165) is 32.6 Å². The Hall–Kier alpha value is -1.25. The van der Waals surface area contributed by atoms with Gasteiger partial charge in [0.1, 0.15) is 4.75 Å². The van der Waals surface area contributed by atoms with Crippen LogP contribution in [-0.2, 0) is 14.6 Å². The average molecular weight is 367 g/mol. The molecule has 0 unspecified atom stereocenters. The van der Waals surface area contributed by atoms with E-state index in [1.165, 1.54) is 0 Å². The summed E-state index contributed by atoms with van der Waals surface area (Å²) in [6.45, 7) is 4.28. The number of likely N-dealkylation sites (tertiary alicyclic amines) is 1. The van der Waals surface area contributed by atoms with Crippen LogP contribution in [0.5, 0.6) is 6.01 Å². The third-order valence-corrected chi connectivity index (χ3v) is 8.50. The molecule has 1 aromatic heterocycles. The number of sulfone groups is 1. The van der Waals surface area contributed by atoms with Gasteiger partial charge < -0.3 is 9.47 Å². The van der Waals surface area contributed by atoms with E-state index in [1.807, 2.05) is 0 Å². The van der Waals surface area contributed by atoms with Gasteiger partial charge in [0.2, 0.25) is 0 Å². The molecule has 1 aromatic rings. The van der Waals surface area contributed by atoms with E-state index in [4.69, 9.17) is 9.47 Å². The van der Waals surface area contributed by atoms with Crippen molar-refractivity contribution in [3.63, 3.8) is 0 Å². The molecule has 3 aliphatic heterocycles. The summed E-state index contributed by atoms with van der Waals surface area (Å²) in [6.07, 6.45) is 6.08. The molecule has 7 nitrogen and oxygen atoms in total. The van der Waals surface area contributed by atoms with Crippen molar-refractivity contribution in [2.24, 2.45) is 11.8 Å². The zero-order valence-corrected chi connectivity index (χ0v) is 15.2. The van der Waals surface area contributed by atoms with E-state index >= 15 is 0 Å². The van der Waals surface area contributed by atoms with E-state index in [9.17, 15) is 8.42 Å². The summed E-state index contributed by atoms with van der Waals surface area (Å²) in [7, 11) is -3.06. The van der Waals surface area contributed by atoms with Crippen molar-refractivity contribution in [1.82, 2.24) is 14.9 Å². The van der Waals surface area contributed by atoms with Gasteiger partial charge >= 0.3 is 6.01 Å². The molecule has 3 aliphatic rings. The Morgan fingerprint density at radius 1 is 1.20 bits per heavy atom. The Morgan fingerprint density at radius 3 is 2.64 bits per heavy atom. The summed E-state index contributed by atoms with van der Waals surface area (Å²) in [5.74, 6) is 0.914. The Morgan fingerprint density at radius 2 is 1.92 bits per heavy atom. The van der Waals surface area contributed by atoms with Crippen LogP contribution in [0.3, 0.4) is 0 Å². The van der Waals surface area contributed by atoms with E-state index in [2.05, 4.69) is 14.9 Å². The smallest absolute Gasteiger partial charge is 0.316 e. The van der Waals surface area contributed by atoms with Gasteiger partial charge in [-0.25, -0.2) is 18.4 Å². The van der Waals surface area contributed by atoms with Gasteiger partial charge in [-0.1, -0.05) is 0 Å². The molecule has 25 heavy (non-hydrogen) atoms. The van der Waals surface area contributed by atoms with Gasteiger partial charge in [-0.15, -0.1) is 0 Å². The molecule has 0 aromatic carbocycles. The van der Waals surface area contributed by atoms with Gasteiger partial charge in [-0.05, 0) is 31.2 Å². The highest BCUT2D eigenvalue weighted by molar-refractivity contribution is 7.93. The van der Waals surface area contributed by atoms with Crippen LogP contribution in [0.15, 0.2) is 18.5 Å². The summed E-state index contributed by atoms with van der Waals surface area (Å²) in [5.41, 5.74) is 0. The first-order chi connectivity index (χ1) is 12.1. The first-order valence-electron chi connectivity index (χ1n) is 9.01. The van der Waals surface area contributed by atoms with Crippen LogP contribution in [-0.4, -0.2) is 73.2 Å². The Kier molecular flexibility index (Phi) is 4.68. The molecule has 0 N–H and O–H groups in total. The minimum atomic E-state index is -3.06. The second kappa shape index (κ2) is 6.81. The molecule has 0 amide bonds. The predicted molar refractivity (Wildman–Crippen MR) is 92.1 cm³/mol. The van der Waals surface area contributed by atoms with Crippen molar-refractivity contribution in [2.45, 2.75) is 24.0 Å². The van der Waals surface area contributed by atoms with Crippen LogP contribution in [0.4, 0.5) is 0 Å². The Bertz CT molecular complexity index is 685. The summed E-state index contributed by atoms with van der Waals surface area (Å²) >= 11 is 0. The maximum absolute atomic E-state index is 12.7. The second-order valence-electron chi connectivity index (χ2n) is 7.44. The van der Waals surface area contributed by atoms with Crippen molar-refractivity contribution in [3.05, 3.63) is 18.5 Å². The first kappa shape index (κ1) is 17.2. The maximum atomic E-state index is 12.7. The molecule has 1 spiro atoms. The summed E-state index contributed by atoms with van der Waals surface area (Å²) in [6, 6.07) is 2.05. The van der Waals surface area contributed by atoms with Crippen molar-refractivity contribution in [2.75, 3.05) is 45.2 Å². The van der Waals surface area contributed by atoms with Crippen molar-refractivity contribution >= 4 is 9.84 Å². The fourth-order valence-electron chi connectivity index (χ4n) is 4.38. The topological polar surface area (TPSA) is 81.6 Å². The Balaban J connectivity index is 1.38. The van der Waals surface area contributed by atoms with Crippen molar-refractivity contribution in [3.8, 4) is 6.01 Å². The van der Waals surface area contributed by atoms with Gasteiger partial charge in [-0.2, -0.15) is 0 Å². The molecule has 8 heteroatoms. The van der Waals surface area contributed by atoms with E-state index in [1.54, 1.807) is 18.5 Å². The van der Waals surface area contributed by atoms with Crippen LogP contribution in [0.2, 0.25) is 0 Å². The lowest BCUT2D eigenvalue weighted by Crippen LogP contribution is -2.68. The average Bonchev–Trinajstić information content (AvgIpc) is 2.86. The van der Waals surface area contributed by atoms with Gasteiger partial charge in [0.15, 0.2) is 9.84 Å². The fraction of sp³-hybridized carbons (Fsp3) is 0.765. The maximum Gasteiger partial charge on any atom is 0.316 e. The molecule has 0 saturated carbocycles. The summed E-state index contributed by atoms with van der Waals surface area (Å²) in [4.78, 5) is 10.4. The Labute approximate surface area is 148 Å². The minimum Gasteiger partial charge on any atom is -0.463 e. The molecule has 1 atom stereocenters. The SMILES string of the molecule is O=S1(=O)CC[C@@H](COc2ncccn2)C12CN(CC1CCOCC1)C2. The molecule has 4 rings (SSSR count). The fourth-order valence-corrected chi connectivity index (χ4v) is 6.83. The molecule has 0 bridgehead atoms. The largest absolute Gasteiger partial charge is 0.463 e. The number of ether oxygens (including phenoxy) is 2. The summed E-state index contributed by atoms with van der Waals surface area (Å²) < 4.78 is 35.8. The quantitative estimate of drug-likeness (QED) is 0.760. The van der Waals surface area contributed by atoms with E-state index in [0.29, 0.717) is 38.0 Å². The van der Waals surface area contributed by atoms with Gasteiger partial charge in [0.25, 0.3) is 0 Å². The molecule has 0 aliphatic carbocycles. The van der Waals surface area contributed by atoms with Crippen molar-refractivity contribution in [1.29, 1.82) is 0 Å². The van der Waals surface area contributed by atoms with E-state index in [-0.39, 0.29) is 11.7 Å². The highest BCUT2D eigenvalue weighted by atomic mass is 32.2. The standard InChI is InChI=1S/C17H25N3O4S/c21-25(22)9-4-15(11-24-16-18-5-1-6-19-16)17(25)12-20(13-17)10-14-2-7-23-8-3-14/h1,5-6,14-15H,2-4,7-13H2/t15-/m0/s1. The number of nitrogens with zero attached hydrogens (tertiary/aromatic N) is 3. The second-order valence-corrected chi connectivity index (χ2v) is 9.89. The zero-order valence-electron chi connectivity index (χ0n) is 14.3. The minimum absolute atomic E-state index is 0.0206. The van der Waals surface area contributed by atoms with Crippen LogP contribution in [0.25, 0.3) is 0 Å². The number of hydrogen-bond acceptors (Lipinski definition) is 7. The third kappa shape index (κ3) is 3.27. The number of hydrogen-bond donors (Lipinski definition) is 0. The van der Waals surface area contributed by atoms with Crippen LogP contribution in [0.1, 0.15) is 19.3 Å². The monoisotopic (exact) mass is 367 g/mol. The highest BCUT2D eigenvalue weighted by Crippen LogP contribution is 2.45. The predicted octanol–water partition coefficient (Wildman–Crippen LogP) is 0.771. The molecule has 4 heterocycles. The lowest BCUT2D eigenvalue weighted by molar-refractivity contribution is 0.0158. The third-order valence-electron chi connectivity index (χ3n) is 5.89. The molecular weight excluding hydrogens is 342 g/mol. The van der Waals surface area contributed by atoms with Crippen LogP contribution < -0.4 is 4.74 Å². The van der Waals surface area contributed by atoms with Crippen molar-refractivity contribution < 1.29 is 17.9 Å². The van der Waals surface area contributed by atoms with Crippen LogP contribution >= 0.6 is 0 Å². The normalized spacial score (nSPS) is 28.7. The van der Waals surface area contributed by atoms with Gasteiger partial charge in [0.05, 0.1) is 12.4 Å². The number of rotatable bonds is 5. The zero-order chi connectivity index (χ0) is 17.3. The first-order valence-corrected chi connectivity index (χ1v) is 10.7.